The van der Waals surface area contributed by atoms with Gasteiger partial charge in [-0.3, -0.25) is 4.57 Å². The fourth-order valence-electron chi connectivity index (χ4n) is 2.13. The molecular weight excluding hydrogens is 351 g/mol. The van der Waals surface area contributed by atoms with Gasteiger partial charge in [0.1, 0.15) is 11.9 Å². The van der Waals surface area contributed by atoms with Crippen LogP contribution in [0.15, 0.2) is 51.5 Å². The van der Waals surface area contributed by atoms with E-state index in [1.165, 1.54) is 0 Å². The number of anilines is 1. The number of aromatic nitrogens is 1. The summed E-state index contributed by atoms with van der Waals surface area (Å²) in [7, 11) is -4.65. The van der Waals surface area contributed by atoms with Crippen molar-refractivity contribution in [2.75, 3.05) is 5.73 Å². The lowest BCUT2D eigenvalue weighted by Gasteiger charge is -2.05. The average molecular weight is 364 g/mol. The van der Waals surface area contributed by atoms with Gasteiger partial charge in [0.05, 0.1) is 6.26 Å². The number of ether oxygens (including phenoxy) is 1. The fourth-order valence-corrected chi connectivity index (χ4v) is 2.80. The third kappa shape index (κ3) is 3.63. The van der Waals surface area contributed by atoms with Gasteiger partial charge in [-0.05, 0) is 11.6 Å². The van der Waals surface area contributed by atoms with E-state index in [1.54, 1.807) is 24.3 Å². The minimum atomic E-state index is -4.65. The van der Waals surface area contributed by atoms with E-state index < -0.39 is 24.6 Å². The van der Waals surface area contributed by atoms with Crippen LogP contribution in [0.1, 0.15) is 16.1 Å². The maximum absolute atomic E-state index is 12.3. The fraction of sp³-hybridized carbons (Fsp3) is 0.0667. The van der Waals surface area contributed by atoms with Crippen LogP contribution in [-0.2, 0) is 15.9 Å². The van der Waals surface area contributed by atoms with Crippen LogP contribution >= 0.6 is 7.60 Å². The standard InChI is InChI=1S/C15H13N2O7P/c16-15-17-11(12-10(6-7-22-12)25(19,20)21)13(24-15)14(18)23-8-9-4-2-1-3-5-9/h1-7H,8H2,(H2,16,17)(H2,19,20,21). The number of esters is 1. The average Bonchev–Trinajstić information content (AvgIpc) is 3.19. The van der Waals surface area contributed by atoms with E-state index in [0.717, 1.165) is 17.9 Å². The van der Waals surface area contributed by atoms with Gasteiger partial charge in [0.2, 0.25) is 5.76 Å². The number of furan rings is 1. The van der Waals surface area contributed by atoms with Crippen LogP contribution in [0.3, 0.4) is 0 Å². The lowest BCUT2D eigenvalue weighted by atomic mass is 10.2. The van der Waals surface area contributed by atoms with Crippen molar-refractivity contribution in [2.45, 2.75) is 6.61 Å². The van der Waals surface area contributed by atoms with Crippen LogP contribution in [0.4, 0.5) is 6.01 Å². The Labute approximate surface area is 141 Å². The first kappa shape index (κ1) is 17.0. The molecule has 1 aromatic carbocycles. The molecule has 0 spiro atoms. The lowest BCUT2D eigenvalue weighted by Crippen LogP contribution is -2.09. The predicted molar refractivity (Wildman–Crippen MR) is 85.9 cm³/mol. The van der Waals surface area contributed by atoms with Crippen LogP contribution in [0, 0.1) is 0 Å². The number of nitrogens with zero attached hydrogens (tertiary/aromatic N) is 1. The number of carbonyl (C=O) groups is 1. The normalized spacial score (nSPS) is 11.4. The zero-order valence-electron chi connectivity index (χ0n) is 12.7. The summed E-state index contributed by atoms with van der Waals surface area (Å²) in [5.41, 5.74) is 5.98. The molecule has 0 saturated carbocycles. The second-order valence-corrected chi connectivity index (χ2v) is 6.54. The van der Waals surface area contributed by atoms with E-state index in [0.29, 0.717) is 0 Å². The van der Waals surface area contributed by atoms with E-state index >= 15 is 0 Å². The second-order valence-electron chi connectivity index (χ2n) is 4.97. The molecule has 0 aliphatic heterocycles. The molecule has 0 bridgehead atoms. The summed E-state index contributed by atoms with van der Waals surface area (Å²) in [5.74, 6) is -1.60. The summed E-state index contributed by atoms with van der Waals surface area (Å²) in [4.78, 5) is 34.7. The molecule has 10 heteroatoms. The Morgan fingerprint density at radius 1 is 1.24 bits per heavy atom. The van der Waals surface area contributed by atoms with Gasteiger partial charge in [-0.2, -0.15) is 4.98 Å². The van der Waals surface area contributed by atoms with E-state index in [4.69, 9.17) is 19.3 Å². The van der Waals surface area contributed by atoms with Crippen molar-refractivity contribution < 1.29 is 32.7 Å². The lowest BCUT2D eigenvalue weighted by molar-refractivity contribution is 0.0438. The van der Waals surface area contributed by atoms with Crippen molar-refractivity contribution in [2.24, 2.45) is 0 Å². The molecule has 0 amide bonds. The molecule has 0 aliphatic carbocycles. The van der Waals surface area contributed by atoms with Gasteiger partial charge in [0.15, 0.2) is 11.5 Å². The quantitative estimate of drug-likeness (QED) is 0.454. The molecular formula is C15H13N2O7P. The number of nitrogen functional groups attached to an aromatic ring is 1. The van der Waals surface area contributed by atoms with Crippen LogP contribution < -0.4 is 11.0 Å². The first-order valence-corrected chi connectivity index (χ1v) is 8.59. The third-order valence-electron chi connectivity index (χ3n) is 3.22. The largest absolute Gasteiger partial charge is 0.462 e. The van der Waals surface area contributed by atoms with Crippen LogP contribution in [0.25, 0.3) is 11.5 Å². The van der Waals surface area contributed by atoms with Gasteiger partial charge < -0.3 is 29.1 Å². The minimum Gasteiger partial charge on any atom is -0.462 e. The number of hydrogen-bond donors (Lipinski definition) is 3. The Bertz CT molecular complexity index is 942. The number of oxazole rings is 1. The van der Waals surface area contributed by atoms with E-state index in [9.17, 15) is 19.1 Å². The highest BCUT2D eigenvalue weighted by Crippen LogP contribution is 2.39. The SMILES string of the molecule is Nc1nc(-c2occc2P(=O)(O)O)c(C(=O)OCc2ccccc2)o1. The van der Waals surface area contributed by atoms with Crippen LogP contribution in [-0.4, -0.2) is 20.7 Å². The van der Waals surface area contributed by atoms with Gasteiger partial charge in [0, 0.05) is 0 Å². The minimum absolute atomic E-state index is 0.0246. The molecule has 3 aromatic rings. The number of carbonyl (C=O) groups excluding carboxylic acids is 1. The smallest absolute Gasteiger partial charge is 0.377 e. The Morgan fingerprint density at radius 3 is 2.64 bits per heavy atom. The second kappa shape index (κ2) is 6.56. The monoisotopic (exact) mass is 364 g/mol. The third-order valence-corrected chi connectivity index (χ3v) is 4.19. The van der Waals surface area contributed by atoms with Crippen molar-refractivity contribution in [1.82, 2.24) is 4.98 Å². The van der Waals surface area contributed by atoms with Gasteiger partial charge in [-0.15, -0.1) is 0 Å². The highest BCUT2D eigenvalue weighted by molar-refractivity contribution is 7.60. The molecule has 130 valence electrons. The molecule has 25 heavy (non-hydrogen) atoms. The molecule has 0 aliphatic rings. The molecule has 0 radical (unpaired) electrons. The number of benzene rings is 1. The first-order chi connectivity index (χ1) is 11.9. The van der Waals surface area contributed by atoms with Crippen molar-refractivity contribution in [3.05, 3.63) is 54.0 Å². The molecule has 0 fully saturated rings. The Hall–Kier alpha value is -2.87. The predicted octanol–water partition coefficient (Wildman–Crippen LogP) is 1.68. The maximum atomic E-state index is 12.3. The van der Waals surface area contributed by atoms with Gasteiger partial charge >= 0.3 is 13.6 Å². The van der Waals surface area contributed by atoms with Crippen molar-refractivity contribution in [3.8, 4) is 11.5 Å². The van der Waals surface area contributed by atoms with Crippen molar-refractivity contribution >= 4 is 24.9 Å². The highest BCUT2D eigenvalue weighted by atomic mass is 31.2. The molecule has 0 saturated heterocycles. The van der Waals surface area contributed by atoms with Gasteiger partial charge in [-0.1, -0.05) is 30.3 Å². The van der Waals surface area contributed by atoms with E-state index in [1.807, 2.05) is 6.07 Å². The summed E-state index contributed by atoms with van der Waals surface area (Å²) in [5, 5.41) is -0.432. The number of rotatable bonds is 5. The summed E-state index contributed by atoms with van der Waals surface area (Å²) < 4.78 is 26.7. The summed E-state index contributed by atoms with van der Waals surface area (Å²) in [6.07, 6.45) is 1.06. The first-order valence-electron chi connectivity index (χ1n) is 6.97. The Kier molecular flexibility index (Phi) is 4.45. The van der Waals surface area contributed by atoms with Crippen LogP contribution in [0.5, 0.6) is 0 Å². The topological polar surface area (TPSA) is 149 Å². The Balaban J connectivity index is 1.90. The molecule has 0 unspecified atom stereocenters. The molecule has 4 N–H and O–H groups in total. The molecule has 2 aromatic heterocycles. The number of nitrogens with two attached hydrogens (primary N) is 1. The summed E-state index contributed by atoms with van der Waals surface area (Å²) in [6.45, 7) is -0.0246. The number of hydrogen-bond acceptors (Lipinski definition) is 7. The summed E-state index contributed by atoms with van der Waals surface area (Å²) in [6, 6.07) is 9.64. The van der Waals surface area contributed by atoms with Crippen molar-refractivity contribution in [1.29, 1.82) is 0 Å². The molecule has 9 nitrogen and oxygen atoms in total. The Morgan fingerprint density at radius 2 is 1.96 bits per heavy atom. The maximum Gasteiger partial charge on any atom is 0.377 e. The zero-order chi connectivity index (χ0) is 18.0. The van der Waals surface area contributed by atoms with Gasteiger partial charge in [-0.25, -0.2) is 4.79 Å². The zero-order valence-corrected chi connectivity index (χ0v) is 13.6. The van der Waals surface area contributed by atoms with E-state index in [2.05, 4.69) is 4.98 Å². The highest BCUT2D eigenvalue weighted by Gasteiger charge is 2.32. The molecule has 0 atom stereocenters. The molecule has 3 rings (SSSR count). The molecule has 2 heterocycles. The summed E-state index contributed by atoms with van der Waals surface area (Å²) >= 11 is 0. The van der Waals surface area contributed by atoms with E-state index in [-0.39, 0.29) is 24.1 Å². The van der Waals surface area contributed by atoms with Crippen LogP contribution in [0.2, 0.25) is 0 Å². The van der Waals surface area contributed by atoms with Gasteiger partial charge in [0.25, 0.3) is 6.01 Å². The van der Waals surface area contributed by atoms with Crippen molar-refractivity contribution in [3.63, 3.8) is 0 Å².